The Morgan fingerprint density at radius 1 is 1.12 bits per heavy atom. The second kappa shape index (κ2) is 9.35. The van der Waals surface area contributed by atoms with Crippen LogP contribution in [0.4, 0.5) is 5.82 Å². The topological polar surface area (TPSA) is 137 Å². The highest BCUT2D eigenvalue weighted by Crippen LogP contribution is 2.26. The first kappa shape index (κ1) is 21.1. The van der Waals surface area contributed by atoms with E-state index in [1.54, 1.807) is 0 Å². The number of carbonyl (C=O) groups excluding carboxylic acids is 1. The number of benzene rings is 2. The molecule has 2 aromatic heterocycles. The summed E-state index contributed by atoms with van der Waals surface area (Å²) in [6.07, 6.45) is 0. The number of nitrogens with one attached hydrogen (secondary N) is 2. The summed E-state index contributed by atoms with van der Waals surface area (Å²) in [7, 11) is 0. The van der Waals surface area contributed by atoms with Crippen LogP contribution >= 0.6 is 11.8 Å². The van der Waals surface area contributed by atoms with Crippen LogP contribution in [0.3, 0.4) is 0 Å². The monoisotopic (exact) mass is 448 g/mol. The fourth-order valence-corrected chi connectivity index (χ4v) is 3.70. The first-order valence-corrected chi connectivity index (χ1v) is 10.5. The van der Waals surface area contributed by atoms with Crippen LogP contribution in [0.2, 0.25) is 0 Å². The van der Waals surface area contributed by atoms with Crippen molar-refractivity contribution in [1.29, 1.82) is 0 Å². The lowest BCUT2D eigenvalue weighted by atomic mass is 10.2. The third kappa shape index (κ3) is 4.62. The van der Waals surface area contributed by atoms with Crippen molar-refractivity contribution in [3.63, 3.8) is 0 Å². The number of amides is 1. The molecule has 11 heteroatoms. The Morgan fingerprint density at radius 2 is 1.88 bits per heavy atom. The summed E-state index contributed by atoms with van der Waals surface area (Å²) in [4.78, 5) is 13.9. The number of nitrogen functional groups attached to an aromatic ring is 1. The molecular weight excluding hydrogens is 428 g/mol. The number of rotatable bonds is 8. The number of aromatic nitrogens is 5. The van der Waals surface area contributed by atoms with Gasteiger partial charge in [-0.2, -0.15) is 4.68 Å². The summed E-state index contributed by atoms with van der Waals surface area (Å²) in [6.45, 7) is 5.96. The van der Waals surface area contributed by atoms with Crippen molar-refractivity contribution in [3.8, 4) is 5.82 Å². The van der Waals surface area contributed by atoms with Gasteiger partial charge in [-0.25, -0.2) is 4.63 Å². The van der Waals surface area contributed by atoms with Gasteiger partial charge in [-0.15, -0.1) is 16.9 Å². The maximum Gasteiger partial charge on any atom is 0.292 e. The number of hydrogen-bond acceptors (Lipinski definition) is 9. The van der Waals surface area contributed by atoms with E-state index in [4.69, 9.17) is 5.73 Å². The molecule has 4 N–H and O–H groups in total. The Morgan fingerprint density at radius 3 is 2.56 bits per heavy atom. The van der Waals surface area contributed by atoms with Crippen LogP contribution < -0.4 is 16.6 Å². The quantitative estimate of drug-likeness (QED) is 0.274. The SMILES string of the molecule is C=C(NNC(=O)c1nnn(-c2nonc2N)c1CSc1ccc(C)cc1)c1ccccc1. The average molecular weight is 449 g/mol. The van der Waals surface area contributed by atoms with Gasteiger partial charge >= 0.3 is 0 Å². The first-order valence-electron chi connectivity index (χ1n) is 9.56. The van der Waals surface area contributed by atoms with Gasteiger partial charge in [-0.05, 0) is 34.9 Å². The van der Waals surface area contributed by atoms with Crippen LogP contribution in [-0.2, 0) is 5.75 Å². The highest BCUT2D eigenvalue weighted by atomic mass is 32.2. The summed E-state index contributed by atoms with van der Waals surface area (Å²) < 4.78 is 6.04. The van der Waals surface area contributed by atoms with Crippen molar-refractivity contribution in [2.24, 2.45) is 0 Å². The standard InChI is InChI=1S/C21H20N8O2S/c1-13-8-10-16(11-9-13)32-12-17-18(24-28-29(17)20-19(22)26-31-27-20)21(30)25-23-14(2)15-6-4-3-5-7-15/h3-11,23H,2,12H2,1H3,(H2,22,26)(H,25,30). The number of thioether (sulfide) groups is 1. The zero-order valence-corrected chi connectivity index (χ0v) is 18.0. The molecule has 10 nitrogen and oxygen atoms in total. The molecule has 162 valence electrons. The predicted octanol–water partition coefficient (Wildman–Crippen LogP) is 2.74. The van der Waals surface area contributed by atoms with Crippen LogP contribution in [0.15, 0.2) is 70.7 Å². The molecule has 0 saturated heterocycles. The lowest BCUT2D eigenvalue weighted by Gasteiger charge is -2.11. The third-order valence-electron chi connectivity index (χ3n) is 4.52. The zero-order chi connectivity index (χ0) is 22.5. The lowest BCUT2D eigenvalue weighted by Crippen LogP contribution is -2.36. The zero-order valence-electron chi connectivity index (χ0n) is 17.1. The molecular formula is C21H20N8O2S. The molecule has 2 heterocycles. The van der Waals surface area contributed by atoms with Gasteiger partial charge in [0.2, 0.25) is 11.6 Å². The van der Waals surface area contributed by atoms with E-state index in [0.29, 0.717) is 17.1 Å². The fraction of sp³-hybridized carbons (Fsp3) is 0.0952. The molecule has 0 aliphatic carbocycles. The second-order valence-corrected chi connectivity index (χ2v) is 7.84. The molecule has 4 aromatic rings. The van der Waals surface area contributed by atoms with Crippen molar-refractivity contribution in [3.05, 3.63) is 83.7 Å². The maximum atomic E-state index is 12.9. The number of hydrogen-bond donors (Lipinski definition) is 3. The van der Waals surface area contributed by atoms with Crippen LogP contribution in [0.5, 0.6) is 0 Å². The molecule has 0 aliphatic heterocycles. The minimum absolute atomic E-state index is 0.0408. The van der Waals surface area contributed by atoms with Gasteiger partial charge in [0, 0.05) is 10.6 Å². The van der Waals surface area contributed by atoms with Gasteiger partial charge in [0.05, 0.1) is 11.4 Å². The van der Waals surface area contributed by atoms with E-state index in [1.807, 2.05) is 61.5 Å². The Kier molecular flexibility index (Phi) is 6.17. The molecule has 0 atom stereocenters. The molecule has 2 aromatic carbocycles. The van der Waals surface area contributed by atoms with Gasteiger partial charge < -0.3 is 5.73 Å². The highest BCUT2D eigenvalue weighted by molar-refractivity contribution is 7.98. The first-order chi connectivity index (χ1) is 15.5. The van der Waals surface area contributed by atoms with Crippen LogP contribution in [0, 0.1) is 6.92 Å². The van der Waals surface area contributed by atoms with E-state index in [0.717, 1.165) is 16.0 Å². The highest BCUT2D eigenvalue weighted by Gasteiger charge is 2.24. The normalized spacial score (nSPS) is 10.7. The van der Waals surface area contributed by atoms with Gasteiger partial charge in [-0.3, -0.25) is 15.6 Å². The van der Waals surface area contributed by atoms with E-state index in [9.17, 15) is 4.79 Å². The summed E-state index contributed by atoms with van der Waals surface area (Å²) in [6, 6.07) is 17.5. The number of hydrazine groups is 1. The Hall–Kier alpha value is -4.12. The Labute approximate surface area is 187 Å². The summed E-state index contributed by atoms with van der Waals surface area (Å²) in [5.74, 6) is 0.102. The van der Waals surface area contributed by atoms with Gasteiger partial charge in [0.25, 0.3) is 5.91 Å². The van der Waals surface area contributed by atoms with Crippen LogP contribution in [-0.4, -0.2) is 31.2 Å². The largest absolute Gasteiger partial charge is 0.378 e. The predicted molar refractivity (Wildman–Crippen MR) is 120 cm³/mol. The summed E-state index contributed by atoms with van der Waals surface area (Å²) in [5.41, 5.74) is 14.4. The molecule has 0 radical (unpaired) electrons. The average Bonchev–Trinajstić information content (AvgIpc) is 3.43. The minimum atomic E-state index is -0.483. The van der Waals surface area contributed by atoms with E-state index < -0.39 is 5.91 Å². The smallest absolute Gasteiger partial charge is 0.292 e. The number of aryl methyl sites for hydroxylation is 1. The summed E-state index contributed by atoms with van der Waals surface area (Å²) >= 11 is 1.52. The van der Waals surface area contributed by atoms with Gasteiger partial charge in [0.15, 0.2) is 5.69 Å². The number of nitrogens with zero attached hydrogens (tertiary/aromatic N) is 5. The number of anilines is 1. The molecule has 0 bridgehead atoms. The van der Waals surface area contributed by atoms with Crippen molar-refractivity contribution >= 4 is 29.2 Å². The van der Waals surface area contributed by atoms with Crippen molar-refractivity contribution in [2.75, 3.05) is 5.73 Å². The van der Waals surface area contributed by atoms with Crippen molar-refractivity contribution < 1.29 is 9.42 Å². The van der Waals surface area contributed by atoms with E-state index in [1.165, 1.54) is 16.4 Å². The molecule has 0 saturated carbocycles. The molecule has 0 aliphatic rings. The molecule has 32 heavy (non-hydrogen) atoms. The number of carbonyl (C=O) groups is 1. The van der Waals surface area contributed by atoms with E-state index in [2.05, 4.69) is 42.7 Å². The third-order valence-corrected chi connectivity index (χ3v) is 5.54. The lowest BCUT2D eigenvalue weighted by molar-refractivity contribution is 0.0936. The second-order valence-electron chi connectivity index (χ2n) is 6.80. The number of nitrogens with two attached hydrogens (primary N) is 1. The Balaban J connectivity index is 1.56. The maximum absolute atomic E-state index is 12.9. The Bertz CT molecular complexity index is 1230. The molecule has 0 unspecified atom stereocenters. The minimum Gasteiger partial charge on any atom is -0.378 e. The fourth-order valence-electron chi connectivity index (χ4n) is 2.80. The van der Waals surface area contributed by atoms with Crippen molar-refractivity contribution in [2.45, 2.75) is 17.6 Å². The van der Waals surface area contributed by atoms with Gasteiger partial charge in [-0.1, -0.05) is 59.8 Å². The van der Waals surface area contributed by atoms with E-state index in [-0.39, 0.29) is 17.3 Å². The van der Waals surface area contributed by atoms with Crippen LogP contribution in [0.1, 0.15) is 27.3 Å². The molecule has 0 spiro atoms. The van der Waals surface area contributed by atoms with E-state index >= 15 is 0 Å². The van der Waals surface area contributed by atoms with Crippen LogP contribution in [0.25, 0.3) is 11.5 Å². The summed E-state index contributed by atoms with van der Waals surface area (Å²) in [5, 5.41) is 15.5. The van der Waals surface area contributed by atoms with Crippen molar-refractivity contribution in [1.82, 2.24) is 36.2 Å². The molecule has 1 amide bonds. The van der Waals surface area contributed by atoms with Gasteiger partial charge in [0.1, 0.15) is 0 Å². The molecule has 0 fully saturated rings. The molecule has 4 rings (SSSR count).